The first-order chi connectivity index (χ1) is 15.0. The summed E-state index contributed by atoms with van der Waals surface area (Å²) in [6, 6.07) is 14.1. The Morgan fingerprint density at radius 3 is 2.52 bits per heavy atom. The molecule has 1 aliphatic rings. The lowest BCUT2D eigenvalue weighted by molar-refractivity contribution is 0.0735. The first-order valence-corrected chi connectivity index (χ1v) is 11.5. The number of aromatic nitrogens is 2. The van der Waals surface area contributed by atoms with Gasteiger partial charge in [0.05, 0.1) is 34.3 Å². The molecule has 0 fully saturated rings. The maximum atomic E-state index is 6.49. The lowest BCUT2D eigenvalue weighted by Crippen LogP contribution is -2.33. The maximum absolute atomic E-state index is 6.49. The van der Waals surface area contributed by atoms with E-state index in [2.05, 4.69) is 43.4 Å². The average molecular weight is 456 g/mol. The summed E-state index contributed by atoms with van der Waals surface area (Å²) in [7, 11) is 1.78. The molecule has 0 spiro atoms. The summed E-state index contributed by atoms with van der Waals surface area (Å²) in [5.41, 5.74) is 6.12. The Balaban J connectivity index is 1.77. The minimum absolute atomic E-state index is 0.0317. The van der Waals surface area contributed by atoms with Gasteiger partial charge in [0.1, 0.15) is 5.82 Å². The van der Waals surface area contributed by atoms with E-state index in [1.807, 2.05) is 12.1 Å². The van der Waals surface area contributed by atoms with E-state index in [0.29, 0.717) is 10.0 Å². The van der Waals surface area contributed by atoms with Gasteiger partial charge in [-0.05, 0) is 55.0 Å². The minimum Gasteiger partial charge on any atom is -0.379 e. The summed E-state index contributed by atoms with van der Waals surface area (Å²) in [6.45, 7) is 4.18. The standard InChI is InChI=1S/C25H27Cl2N3O/c1-4-20-23(18-12-11-16(26)14-19(18)27)28-21(5-2)25(29-20)30-24-17-9-7-6-8-15(17)10-13-22(24)31-3/h6-9,11-12,14,22,24H,4-5,10,13H2,1-3H3,(H,29,30)/t22-,24-/m0/s1. The lowest BCUT2D eigenvalue weighted by atomic mass is 9.85. The normalized spacial score (nSPS) is 18.0. The van der Waals surface area contributed by atoms with Crippen molar-refractivity contribution in [2.24, 2.45) is 0 Å². The molecule has 0 bridgehead atoms. The van der Waals surface area contributed by atoms with Crippen LogP contribution in [-0.2, 0) is 24.0 Å². The molecular weight excluding hydrogens is 429 g/mol. The van der Waals surface area contributed by atoms with Gasteiger partial charge >= 0.3 is 0 Å². The quantitative estimate of drug-likeness (QED) is 0.449. The third-order valence-electron chi connectivity index (χ3n) is 5.95. The first-order valence-electron chi connectivity index (χ1n) is 10.8. The van der Waals surface area contributed by atoms with Crippen molar-refractivity contribution < 1.29 is 4.74 Å². The zero-order valence-corrected chi connectivity index (χ0v) is 19.6. The van der Waals surface area contributed by atoms with Crippen LogP contribution in [0.5, 0.6) is 0 Å². The van der Waals surface area contributed by atoms with Gasteiger partial charge in [0.15, 0.2) is 0 Å². The van der Waals surface area contributed by atoms with Gasteiger partial charge in [-0.2, -0.15) is 0 Å². The molecule has 4 nitrogen and oxygen atoms in total. The molecule has 4 rings (SSSR count). The zero-order valence-electron chi connectivity index (χ0n) is 18.1. The van der Waals surface area contributed by atoms with Gasteiger partial charge in [-0.3, -0.25) is 0 Å². The summed E-state index contributed by atoms with van der Waals surface area (Å²) < 4.78 is 5.84. The highest BCUT2D eigenvalue weighted by atomic mass is 35.5. The van der Waals surface area contributed by atoms with E-state index in [0.717, 1.165) is 54.1 Å². The number of nitrogens with zero attached hydrogens (tertiary/aromatic N) is 2. The third-order valence-corrected chi connectivity index (χ3v) is 6.50. The number of aryl methyl sites for hydroxylation is 3. The van der Waals surface area contributed by atoms with Gasteiger partial charge in [-0.25, -0.2) is 9.97 Å². The minimum atomic E-state index is 0.0317. The number of halogens is 2. The van der Waals surface area contributed by atoms with Crippen LogP contribution in [0.2, 0.25) is 10.0 Å². The van der Waals surface area contributed by atoms with Crippen LogP contribution in [-0.4, -0.2) is 23.2 Å². The van der Waals surface area contributed by atoms with Crippen LogP contribution in [0.15, 0.2) is 42.5 Å². The van der Waals surface area contributed by atoms with Gasteiger partial charge in [0, 0.05) is 17.7 Å². The molecule has 3 aromatic rings. The Morgan fingerprint density at radius 2 is 1.81 bits per heavy atom. The Labute approximate surface area is 194 Å². The largest absolute Gasteiger partial charge is 0.379 e. The number of fused-ring (bicyclic) bond motifs is 1. The first kappa shape index (κ1) is 22.1. The predicted molar refractivity (Wildman–Crippen MR) is 128 cm³/mol. The van der Waals surface area contributed by atoms with E-state index < -0.39 is 0 Å². The van der Waals surface area contributed by atoms with E-state index in [1.165, 1.54) is 11.1 Å². The Morgan fingerprint density at radius 1 is 1.03 bits per heavy atom. The maximum Gasteiger partial charge on any atom is 0.148 e. The monoisotopic (exact) mass is 455 g/mol. The highest BCUT2D eigenvalue weighted by Crippen LogP contribution is 2.36. The molecule has 0 saturated heterocycles. The molecule has 0 aliphatic heterocycles. The predicted octanol–water partition coefficient (Wildman–Crippen LogP) is 6.69. The van der Waals surface area contributed by atoms with Gasteiger partial charge in [0.25, 0.3) is 0 Å². The van der Waals surface area contributed by atoms with E-state index in [-0.39, 0.29) is 12.1 Å². The van der Waals surface area contributed by atoms with Gasteiger partial charge in [-0.15, -0.1) is 0 Å². The second-order valence-electron chi connectivity index (χ2n) is 7.78. The van der Waals surface area contributed by atoms with E-state index in [1.54, 1.807) is 13.2 Å². The second kappa shape index (κ2) is 9.56. The molecule has 2 aromatic carbocycles. The average Bonchev–Trinajstić information content (AvgIpc) is 2.79. The van der Waals surface area contributed by atoms with Crippen molar-refractivity contribution in [3.05, 3.63) is 75.0 Å². The topological polar surface area (TPSA) is 47.0 Å². The number of rotatable bonds is 6. The van der Waals surface area contributed by atoms with Crippen molar-refractivity contribution >= 4 is 29.0 Å². The highest BCUT2D eigenvalue weighted by Gasteiger charge is 2.30. The van der Waals surface area contributed by atoms with Crippen LogP contribution >= 0.6 is 23.2 Å². The smallest absolute Gasteiger partial charge is 0.148 e. The number of hydrogen-bond acceptors (Lipinski definition) is 4. The molecule has 162 valence electrons. The summed E-state index contributed by atoms with van der Waals surface area (Å²) in [4.78, 5) is 10.0. The van der Waals surface area contributed by atoms with Gasteiger partial charge in [0.2, 0.25) is 0 Å². The Kier molecular flexibility index (Phi) is 6.80. The number of hydrogen-bond donors (Lipinski definition) is 1. The van der Waals surface area contributed by atoms with Crippen molar-refractivity contribution in [2.45, 2.75) is 51.7 Å². The highest BCUT2D eigenvalue weighted by molar-refractivity contribution is 6.36. The molecule has 2 atom stereocenters. The van der Waals surface area contributed by atoms with Crippen LogP contribution < -0.4 is 5.32 Å². The molecule has 0 saturated carbocycles. The van der Waals surface area contributed by atoms with Crippen LogP contribution in [0.25, 0.3) is 11.3 Å². The van der Waals surface area contributed by atoms with Crippen LogP contribution in [0.3, 0.4) is 0 Å². The fourth-order valence-corrected chi connectivity index (χ4v) is 4.81. The van der Waals surface area contributed by atoms with E-state index >= 15 is 0 Å². The van der Waals surface area contributed by atoms with E-state index in [4.69, 9.17) is 37.9 Å². The second-order valence-corrected chi connectivity index (χ2v) is 8.62. The van der Waals surface area contributed by atoms with Gasteiger partial charge < -0.3 is 10.1 Å². The number of nitrogens with one attached hydrogen (secondary N) is 1. The summed E-state index contributed by atoms with van der Waals surface area (Å²) in [6.07, 6.45) is 3.57. The van der Waals surface area contributed by atoms with Crippen LogP contribution in [0.1, 0.15) is 48.8 Å². The van der Waals surface area contributed by atoms with Crippen molar-refractivity contribution in [1.82, 2.24) is 9.97 Å². The summed E-state index contributed by atoms with van der Waals surface area (Å²) in [5.74, 6) is 0.817. The number of methoxy groups -OCH3 is 1. The number of benzene rings is 2. The summed E-state index contributed by atoms with van der Waals surface area (Å²) in [5, 5.41) is 4.87. The van der Waals surface area contributed by atoms with Crippen molar-refractivity contribution in [3.8, 4) is 11.3 Å². The number of anilines is 1. The Bertz CT molecular complexity index is 1090. The van der Waals surface area contributed by atoms with Gasteiger partial charge in [-0.1, -0.05) is 61.3 Å². The van der Waals surface area contributed by atoms with Crippen molar-refractivity contribution in [2.75, 3.05) is 12.4 Å². The lowest BCUT2D eigenvalue weighted by Gasteiger charge is -2.34. The van der Waals surface area contributed by atoms with Crippen molar-refractivity contribution in [1.29, 1.82) is 0 Å². The fraction of sp³-hybridized carbons (Fsp3) is 0.360. The SMILES string of the molecule is CCc1nc(-c2ccc(Cl)cc2Cl)c(CC)nc1N[C@H]1c2ccccc2CC[C@@H]1OC. The zero-order chi connectivity index (χ0) is 22.0. The molecule has 1 heterocycles. The molecule has 0 unspecified atom stereocenters. The molecular formula is C25H27Cl2N3O. The molecule has 0 amide bonds. The fourth-order valence-electron chi connectivity index (χ4n) is 4.31. The van der Waals surface area contributed by atoms with Crippen LogP contribution in [0.4, 0.5) is 5.82 Å². The van der Waals surface area contributed by atoms with E-state index in [9.17, 15) is 0 Å². The molecule has 31 heavy (non-hydrogen) atoms. The molecule has 1 aliphatic carbocycles. The molecule has 1 N–H and O–H groups in total. The third kappa shape index (κ3) is 4.43. The molecule has 6 heteroatoms. The summed E-state index contributed by atoms with van der Waals surface area (Å²) >= 11 is 12.6. The Hall–Kier alpha value is -2.14. The molecule has 1 aromatic heterocycles. The van der Waals surface area contributed by atoms with Crippen LogP contribution in [0, 0.1) is 0 Å². The van der Waals surface area contributed by atoms with Crippen molar-refractivity contribution in [3.63, 3.8) is 0 Å². The molecule has 0 radical (unpaired) electrons. The number of ether oxygens (including phenoxy) is 1.